The molecule has 1 aromatic carbocycles. The van der Waals surface area contributed by atoms with Gasteiger partial charge < -0.3 is 0 Å². The molecule has 0 spiro atoms. The molecule has 0 saturated heterocycles. The highest BCUT2D eigenvalue weighted by atomic mass is 35.5. The molecule has 0 radical (unpaired) electrons. The van der Waals surface area contributed by atoms with E-state index in [1.54, 1.807) is 18.3 Å². The number of nitrogens with zero attached hydrogens (tertiary/aromatic N) is 2. The van der Waals surface area contributed by atoms with Gasteiger partial charge in [-0.15, -0.1) is 0 Å². The molecule has 20 heavy (non-hydrogen) atoms. The van der Waals surface area contributed by atoms with Crippen molar-refractivity contribution >= 4 is 23.8 Å². The fraction of sp³-hybridized carbons (Fsp3) is 0.214. The summed E-state index contributed by atoms with van der Waals surface area (Å²) in [5, 5.41) is 4.67. The van der Waals surface area contributed by atoms with Crippen LogP contribution >= 0.6 is 11.6 Å². The number of anilines is 1. The summed E-state index contributed by atoms with van der Waals surface area (Å²) in [4.78, 5) is 18.3. The molecule has 5 nitrogen and oxygen atoms in total. The van der Waals surface area contributed by atoms with Crippen LogP contribution in [0.25, 0.3) is 0 Å². The number of hydrogen-bond donors (Lipinski definition) is 2. The molecule has 1 aromatic heterocycles. The molecule has 0 amide bonds. The van der Waals surface area contributed by atoms with Gasteiger partial charge in [0.25, 0.3) is 5.56 Å². The Morgan fingerprint density at radius 3 is 3.05 bits per heavy atom. The normalized spacial score (nSPS) is 10.9. The third-order valence-corrected chi connectivity index (χ3v) is 2.77. The molecule has 1 heterocycles. The zero-order valence-corrected chi connectivity index (χ0v) is 11.8. The lowest BCUT2D eigenvalue weighted by atomic mass is 10.2. The number of aromatic nitrogens is 2. The molecule has 0 bridgehead atoms. The fourth-order valence-electron chi connectivity index (χ4n) is 1.70. The maximum Gasteiger partial charge on any atom is 0.252 e. The Morgan fingerprint density at radius 2 is 2.30 bits per heavy atom. The van der Waals surface area contributed by atoms with Gasteiger partial charge in [0.2, 0.25) is 5.95 Å². The number of halogens is 1. The molecule has 0 atom stereocenters. The minimum absolute atomic E-state index is 0.191. The predicted octanol–water partition coefficient (Wildman–Crippen LogP) is 2.82. The van der Waals surface area contributed by atoms with Crippen LogP contribution in [0.1, 0.15) is 24.6 Å². The Balaban J connectivity index is 2.08. The van der Waals surface area contributed by atoms with E-state index in [0.717, 1.165) is 24.1 Å². The summed E-state index contributed by atoms with van der Waals surface area (Å²) in [6, 6.07) is 8.79. The second-order valence-electron chi connectivity index (χ2n) is 4.26. The molecule has 2 aromatic rings. The molecule has 2 rings (SSSR count). The maximum absolute atomic E-state index is 11.5. The number of aromatic amines is 1. The number of aryl methyl sites for hydroxylation is 1. The molecule has 0 aliphatic rings. The topological polar surface area (TPSA) is 70.1 Å². The van der Waals surface area contributed by atoms with Crippen molar-refractivity contribution in [1.82, 2.24) is 9.97 Å². The van der Waals surface area contributed by atoms with Gasteiger partial charge in [0.05, 0.1) is 6.21 Å². The lowest BCUT2D eigenvalue weighted by Gasteiger charge is -2.02. The van der Waals surface area contributed by atoms with E-state index in [0.29, 0.717) is 11.0 Å². The van der Waals surface area contributed by atoms with Crippen molar-refractivity contribution in [2.45, 2.75) is 19.8 Å². The summed E-state index contributed by atoms with van der Waals surface area (Å²) in [5.74, 6) is 0.333. The lowest BCUT2D eigenvalue weighted by molar-refractivity contribution is 0.867. The summed E-state index contributed by atoms with van der Waals surface area (Å²) < 4.78 is 0. The first kappa shape index (κ1) is 14.3. The predicted molar refractivity (Wildman–Crippen MR) is 81.5 cm³/mol. The third kappa shape index (κ3) is 4.20. The number of rotatable bonds is 5. The second-order valence-corrected chi connectivity index (χ2v) is 4.70. The molecular weight excluding hydrogens is 276 g/mol. The molecule has 0 aliphatic heterocycles. The highest BCUT2D eigenvalue weighted by Crippen LogP contribution is 2.08. The van der Waals surface area contributed by atoms with Crippen molar-refractivity contribution in [3.05, 3.63) is 57.0 Å². The van der Waals surface area contributed by atoms with Crippen molar-refractivity contribution in [3.63, 3.8) is 0 Å². The molecular formula is C14H15ClN4O. The third-order valence-electron chi connectivity index (χ3n) is 2.53. The smallest absolute Gasteiger partial charge is 0.252 e. The second kappa shape index (κ2) is 6.86. The van der Waals surface area contributed by atoms with E-state index >= 15 is 0 Å². The number of benzene rings is 1. The number of nitrogens with one attached hydrogen (secondary N) is 2. The minimum Gasteiger partial charge on any atom is -0.291 e. The molecule has 6 heteroatoms. The highest BCUT2D eigenvalue weighted by molar-refractivity contribution is 6.30. The highest BCUT2D eigenvalue weighted by Gasteiger charge is 1.99. The molecule has 0 saturated carbocycles. The van der Waals surface area contributed by atoms with Gasteiger partial charge in [-0.05, 0) is 24.1 Å². The quantitative estimate of drug-likeness (QED) is 0.657. The maximum atomic E-state index is 11.5. The first-order valence-corrected chi connectivity index (χ1v) is 6.70. The van der Waals surface area contributed by atoms with Crippen molar-refractivity contribution in [2.75, 3.05) is 5.43 Å². The van der Waals surface area contributed by atoms with E-state index in [-0.39, 0.29) is 5.56 Å². The van der Waals surface area contributed by atoms with Crippen LogP contribution in [0.2, 0.25) is 5.02 Å². The standard InChI is InChI=1S/C14H15ClN4O/c1-2-4-12-8-13(20)18-14(17-12)19-16-9-10-5-3-6-11(15)7-10/h3,5-9H,2,4H2,1H3,(H2,17,18,19,20)/b16-9+. The van der Waals surface area contributed by atoms with Crippen LogP contribution < -0.4 is 11.0 Å². The summed E-state index contributed by atoms with van der Waals surface area (Å²) in [7, 11) is 0. The Labute approximate surface area is 121 Å². The van der Waals surface area contributed by atoms with Crippen LogP contribution in [-0.4, -0.2) is 16.2 Å². The Hall–Kier alpha value is -2.14. The van der Waals surface area contributed by atoms with E-state index in [1.807, 2.05) is 19.1 Å². The molecule has 0 unspecified atom stereocenters. The monoisotopic (exact) mass is 290 g/mol. The zero-order chi connectivity index (χ0) is 14.4. The average molecular weight is 291 g/mol. The molecule has 104 valence electrons. The van der Waals surface area contributed by atoms with Crippen LogP contribution in [0.4, 0.5) is 5.95 Å². The Morgan fingerprint density at radius 1 is 1.45 bits per heavy atom. The van der Waals surface area contributed by atoms with Gasteiger partial charge in [0.1, 0.15) is 0 Å². The van der Waals surface area contributed by atoms with Crippen molar-refractivity contribution in [1.29, 1.82) is 0 Å². The first-order chi connectivity index (χ1) is 9.67. The Kier molecular flexibility index (Phi) is 4.90. The number of H-pyrrole nitrogens is 1. The van der Waals surface area contributed by atoms with Crippen molar-refractivity contribution < 1.29 is 0 Å². The van der Waals surface area contributed by atoms with Gasteiger partial charge in [-0.3, -0.25) is 9.78 Å². The van der Waals surface area contributed by atoms with E-state index in [2.05, 4.69) is 20.5 Å². The Bertz CT molecular complexity index is 666. The lowest BCUT2D eigenvalue weighted by Crippen LogP contribution is -2.11. The van der Waals surface area contributed by atoms with Gasteiger partial charge in [0, 0.05) is 16.8 Å². The van der Waals surface area contributed by atoms with Crippen LogP contribution in [0.5, 0.6) is 0 Å². The number of hydrazone groups is 1. The average Bonchev–Trinajstić information content (AvgIpc) is 2.38. The van der Waals surface area contributed by atoms with Crippen LogP contribution in [0, 0.1) is 0 Å². The van der Waals surface area contributed by atoms with Gasteiger partial charge in [0.15, 0.2) is 0 Å². The van der Waals surface area contributed by atoms with Gasteiger partial charge >= 0.3 is 0 Å². The van der Waals surface area contributed by atoms with Gasteiger partial charge in [-0.2, -0.15) is 5.10 Å². The molecule has 2 N–H and O–H groups in total. The summed E-state index contributed by atoms with van der Waals surface area (Å²) in [6.45, 7) is 2.03. The first-order valence-electron chi connectivity index (χ1n) is 6.32. The minimum atomic E-state index is -0.191. The SMILES string of the molecule is CCCc1cc(=O)[nH]c(N/N=C/c2cccc(Cl)c2)n1. The van der Waals surface area contributed by atoms with E-state index in [4.69, 9.17) is 11.6 Å². The van der Waals surface area contributed by atoms with Gasteiger partial charge in [-0.1, -0.05) is 37.1 Å². The molecule has 0 aliphatic carbocycles. The number of hydrogen-bond acceptors (Lipinski definition) is 4. The van der Waals surface area contributed by atoms with E-state index in [1.165, 1.54) is 6.07 Å². The summed E-state index contributed by atoms with van der Waals surface area (Å²) in [6.07, 6.45) is 3.30. The summed E-state index contributed by atoms with van der Waals surface area (Å²) >= 11 is 5.88. The fourth-order valence-corrected chi connectivity index (χ4v) is 1.90. The molecule has 0 fully saturated rings. The van der Waals surface area contributed by atoms with Crippen molar-refractivity contribution in [3.8, 4) is 0 Å². The van der Waals surface area contributed by atoms with Crippen LogP contribution in [0.15, 0.2) is 40.2 Å². The van der Waals surface area contributed by atoms with Crippen LogP contribution in [-0.2, 0) is 6.42 Å². The summed E-state index contributed by atoms with van der Waals surface area (Å²) in [5.41, 5.74) is 4.13. The van der Waals surface area contributed by atoms with Crippen LogP contribution in [0.3, 0.4) is 0 Å². The van der Waals surface area contributed by atoms with E-state index in [9.17, 15) is 4.79 Å². The largest absolute Gasteiger partial charge is 0.291 e. The zero-order valence-electron chi connectivity index (χ0n) is 11.1. The van der Waals surface area contributed by atoms with Gasteiger partial charge in [-0.25, -0.2) is 10.4 Å². The van der Waals surface area contributed by atoms with Crippen molar-refractivity contribution in [2.24, 2.45) is 5.10 Å². The van der Waals surface area contributed by atoms with E-state index < -0.39 is 0 Å².